The maximum Gasteiger partial charge on any atom is 0.329 e. The zero-order valence-corrected chi connectivity index (χ0v) is 17.3. The minimum Gasteiger partial charge on any atom is -0.394 e. The van der Waals surface area contributed by atoms with E-state index >= 15 is 0 Å². The Bertz CT molecular complexity index is 715. The highest BCUT2D eigenvalue weighted by Gasteiger charge is 2.28. The van der Waals surface area contributed by atoms with Crippen molar-refractivity contribution >= 4 is 11.5 Å². The largest absolute Gasteiger partial charge is 0.394 e. The lowest BCUT2D eigenvalue weighted by molar-refractivity contribution is 0.0860. The van der Waals surface area contributed by atoms with E-state index in [9.17, 15) is 14.7 Å². The van der Waals surface area contributed by atoms with E-state index in [1.807, 2.05) is 11.9 Å². The number of hydrogen-bond acceptors (Lipinski definition) is 6. The summed E-state index contributed by atoms with van der Waals surface area (Å²) in [5.41, 5.74) is -0.0995. The number of H-pyrrole nitrogens is 1. The Kier molecular flexibility index (Phi) is 9.05. The lowest BCUT2D eigenvalue weighted by atomic mass is 10.1. The third-order valence-electron chi connectivity index (χ3n) is 5.51. The molecule has 0 amide bonds. The Morgan fingerprint density at radius 3 is 2.14 bits per heavy atom. The summed E-state index contributed by atoms with van der Waals surface area (Å²) in [5.74, 6) is 0.725. The Labute approximate surface area is 166 Å². The summed E-state index contributed by atoms with van der Waals surface area (Å²) in [5, 5.41) is 18.0. The van der Waals surface area contributed by atoms with Crippen LogP contribution in [0.4, 0.5) is 11.5 Å². The third kappa shape index (κ3) is 6.10. The molecule has 0 fully saturated rings. The lowest BCUT2D eigenvalue weighted by Crippen LogP contribution is -2.32. The number of hydrogen-bond donors (Lipinski definition) is 3. The third-order valence-corrected chi connectivity index (χ3v) is 5.51. The molecular weight excluding hydrogens is 360 g/mol. The maximum absolute atomic E-state index is 12.1. The van der Waals surface area contributed by atoms with Crippen LogP contribution in [0.25, 0.3) is 0 Å². The molecule has 28 heavy (non-hydrogen) atoms. The van der Waals surface area contributed by atoms with Gasteiger partial charge in [0, 0.05) is 20.6 Å². The second kappa shape index (κ2) is 11.3. The Balaban J connectivity index is 1.60. The van der Waals surface area contributed by atoms with Crippen molar-refractivity contribution in [3.05, 3.63) is 20.8 Å². The fourth-order valence-electron chi connectivity index (χ4n) is 3.88. The molecule has 0 bridgehead atoms. The molecule has 0 aromatic carbocycles. The fourth-order valence-corrected chi connectivity index (χ4v) is 3.88. The molecule has 2 heterocycles. The average molecular weight is 397 g/mol. The molecule has 0 saturated heterocycles. The van der Waals surface area contributed by atoms with Crippen molar-refractivity contribution < 1.29 is 10.2 Å². The average Bonchev–Trinajstić information content (AvgIpc) is 3.00. The van der Waals surface area contributed by atoms with Crippen LogP contribution >= 0.6 is 0 Å². The number of nitrogens with zero attached hydrogens (tertiary/aromatic N) is 3. The highest BCUT2D eigenvalue weighted by Crippen LogP contribution is 2.29. The molecule has 1 aromatic heterocycles. The van der Waals surface area contributed by atoms with E-state index in [2.05, 4.69) is 9.88 Å². The van der Waals surface area contributed by atoms with Crippen molar-refractivity contribution in [2.45, 2.75) is 70.3 Å². The smallest absolute Gasteiger partial charge is 0.329 e. The predicted molar refractivity (Wildman–Crippen MR) is 112 cm³/mol. The van der Waals surface area contributed by atoms with E-state index in [0.717, 1.165) is 38.0 Å². The monoisotopic (exact) mass is 396 g/mol. The van der Waals surface area contributed by atoms with Crippen LogP contribution in [0.5, 0.6) is 0 Å². The maximum atomic E-state index is 12.1. The lowest BCUT2D eigenvalue weighted by Gasteiger charge is -2.20. The van der Waals surface area contributed by atoms with Gasteiger partial charge in [0.1, 0.15) is 11.5 Å². The van der Waals surface area contributed by atoms with Gasteiger partial charge in [-0.2, -0.15) is 0 Å². The molecular formula is C20H36N4O4. The Morgan fingerprint density at radius 1 is 0.964 bits per heavy atom. The van der Waals surface area contributed by atoms with E-state index in [0.29, 0.717) is 18.8 Å². The van der Waals surface area contributed by atoms with E-state index in [4.69, 9.17) is 5.11 Å². The summed E-state index contributed by atoms with van der Waals surface area (Å²) < 4.78 is 1.53. The van der Waals surface area contributed by atoms with E-state index in [1.54, 1.807) is 7.05 Å². The molecule has 8 heteroatoms. The van der Waals surface area contributed by atoms with Crippen molar-refractivity contribution in [2.24, 2.45) is 7.05 Å². The van der Waals surface area contributed by atoms with E-state index in [-0.39, 0.29) is 17.9 Å². The first-order valence-corrected chi connectivity index (χ1v) is 10.5. The summed E-state index contributed by atoms with van der Waals surface area (Å²) >= 11 is 0. The summed E-state index contributed by atoms with van der Waals surface area (Å²) in [4.78, 5) is 30.3. The van der Waals surface area contributed by atoms with Gasteiger partial charge in [-0.3, -0.25) is 14.3 Å². The first-order valence-electron chi connectivity index (χ1n) is 10.5. The summed E-state index contributed by atoms with van der Waals surface area (Å²) in [6.07, 6.45) is 10.5. The van der Waals surface area contributed by atoms with Crippen LogP contribution in [0, 0.1) is 0 Å². The molecule has 3 N–H and O–H groups in total. The minimum absolute atomic E-state index is 0.133. The fraction of sp³-hybridized carbons (Fsp3) is 0.800. The van der Waals surface area contributed by atoms with Crippen LogP contribution in [0.1, 0.15) is 64.2 Å². The zero-order valence-electron chi connectivity index (χ0n) is 17.3. The van der Waals surface area contributed by atoms with Crippen LogP contribution in [0.2, 0.25) is 0 Å². The van der Waals surface area contributed by atoms with Gasteiger partial charge in [-0.15, -0.1) is 0 Å². The highest BCUT2D eigenvalue weighted by molar-refractivity contribution is 5.71. The molecule has 2 rings (SSSR count). The number of anilines is 2. The van der Waals surface area contributed by atoms with Gasteiger partial charge in [0.25, 0.3) is 5.56 Å². The first kappa shape index (κ1) is 22.5. The van der Waals surface area contributed by atoms with Crippen molar-refractivity contribution in [3.8, 4) is 0 Å². The van der Waals surface area contributed by atoms with Crippen LogP contribution in [0.3, 0.4) is 0 Å². The molecule has 8 nitrogen and oxygen atoms in total. The number of aromatic amines is 1. The second-order valence-electron chi connectivity index (χ2n) is 7.90. The van der Waals surface area contributed by atoms with Crippen LogP contribution in [-0.4, -0.2) is 52.7 Å². The normalized spacial score (nSPS) is 14.6. The van der Waals surface area contributed by atoms with Crippen LogP contribution in [-0.2, 0) is 7.05 Å². The van der Waals surface area contributed by atoms with Gasteiger partial charge < -0.3 is 20.0 Å². The SMILES string of the molecule is CN1CN(CCCCCCCCCCCC(O)CO)c2c1c(=O)[nH]c(=O)n2C. The number of rotatable bonds is 13. The molecule has 1 aliphatic heterocycles. The number of aliphatic hydroxyl groups is 2. The molecule has 0 saturated carbocycles. The Morgan fingerprint density at radius 2 is 1.54 bits per heavy atom. The van der Waals surface area contributed by atoms with Crippen LogP contribution in [0.15, 0.2) is 9.59 Å². The van der Waals surface area contributed by atoms with Gasteiger partial charge in [-0.05, 0) is 12.8 Å². The van der Waals surface area contributed by atoms with Crippen molar-refractivity contribution in [2.75, 3.05) is 36.7 Å². The van der Waals surface area contributed by atoms with E-state index < -0.39 is 6.10 Å². The Hall–Kier alpha value is -1.80. The number of aromatic nitrogens is 2. The summed E-state index contributed by atoms with van der Waals surface area (Å²) in [7, 11) is 3.58. The number of unbranched alkanes of at least 4 members (excludes halogenated alkanes) is 8. The molecule has 1 aromatic rings. The number of fused-ring (bicyclic) bond motifs is 1. The van der Waals surface area contributed by atoms with Gasteiger partial charge in [0.2, 0.25) is 0 Å². The molecule has 0 radical (unpaired) electrons. The van der Waals surface area contributed by atoms with Crippen molar-refractivity contribution in [1.29, 1.82) is 0 Å². The number of nitrogens with one attached hydrogen (secondary N) is 1. The molecule has 160 valence electrons. The summed E-state index contributed by atoms with van der Waals surface area (Å²) in [6, 6.07) is 0. The van der Waals surface area contributed by atoms with Gasteiger partial charge >= 0.3 is 5.69 Å². The molecule has 1 atom stereocenters. The predicted octanol–water partition coefficient (Wildman–Crippen LogP) is 1.54. The van der Waals surface area contributed by atoms with Gasteiger partial charge in [0.05, 0.1) is 19.4 Å². The van der Waals surface area contributed by atoms with Crippen molar-refractivity contribution in [3.63, 3.8) is 0 Å². The zero-order chi connectivity index (χ0) is 20.5. The minimum atomic E-state index is -0.553. The van der Waals surface area contributed by atoms with Crippen LogP contribution < -0.4 is 21.0 Å². The molecule has 0 spiro atoms. The molecule has 1 unspecified atom stereocenters. The van der Waals surface area contributed by atoms with Crippen molar-refractivity contribution in [1.82, 2.24) is 9.55 Å². The van der Waals surface area contributed by atoms with Gasteiger partial charge in [0.15, 0.2) is 0 Å². The van der Waals surface area contributed by atoms with Gasteiger partial charge in [-0.25, -0.2) is 4.79 Å². The second-order valence-corrected chi connectivity index (χ2v) is 7.90. The molecule has 0 aliphatic carbocycles. The summed E-state index contributed by atoms with van der Waals surface area (Å²) in [6.45, 7) is 1.36. The van der Waals surface area contributed by atoms with Gasteiger partial charge in [-0.1, -0.05) is 51.4 Å². The first-order chi connectivity index (χ1) is 13.5. The quantitative estimate of drug-likeness (QED) is 0.437. The number of aliphatic hydroxyl groups excluding tert-OH is 2. The molecule has 1 aliphatic rings. The topological polar surface area (TPSA) is 102 Å². The standard InChI is InChI=1S/C20H36N4O4/c1-22-15-24(19-17(22)18(27)21-20(28)23(19)2)13-11-9-7-5-3-4-6-8-10-12-16(26)14-25/h16,25-26H,3-15H2,1-2H3,(H,21,27,28). The van der Waals surface area contributed by atoms with E-state index in [1.165, 1.54) is 36.7 Å². The highest BCUT2D eigenvalue weighted by atomic mass is 16.3.